The summed E-state index contributed by atoms with van der Waals surface area (Å²) in [5.74, 6) is 0. The van der Waals surface area contributed by atoms with E-state index in [1.807, 2.05) is 0 Å². The predicted octanol–water partition coefficient (Wildman–Crippen LogP) is 5.60. The van der Waals surface area contributed by atoms with E-state index in [9.17, 15) is 0 Å². The van der Waals surface area contributed by atoms with Crippen LogP contribution < -0.4 is 0 Å². The van der Waals surface area contributed by atoms with Crippen LogP contribution in [0, 0.1) is 6.92 Å². The van der Waals surface area contributed by atoms with E-state index in [0.717, 1.165) is 0 Å². The summed E-state index contributed by atoms with van der Waals surface area (Å²) in [5, 5.41) is 0. The third kappa shape index (κ3) is 1.82. The van der Waals surface area contributed by atoms with Crippen molar-refractivity contribution in [3.63, 3.8) is 0 Å². The van der Waals surface area contributed by atoms with Crippen LogP contribution in [-0.4, -0.2) is 0 Å². The molecule has 3 rings (SSSR count). The number of fused-ring (bicyclic) bond motifs is 3. The number of hydrogen-bond donors (Lipinski definition) is 0. The van der Waals surface area contributed by atoms with Crippen molar-refractivity contribution in [2.24, 2.45) is 0 Å². The van der Waals surface area contributed by atoms with E-state index in [1.54, 1.807) is 0 Å². The smallest absolute Gasteiger partial charge is 0.0159 e. The molecule has 0 amide bonds. The molecule has 2 aromatic carbocycles. The molecule has 0 atom stereocenters. The average Bonchev–Trinajstić information content (AvgIpc) is 2.57. The fourth-order valence-electron chi connectivity index (χ4n) is 3.32. The van der Waals surface area contributed by atoms with Gasteiger partial charge in [0.2, 0.25) is 0 Å². The number of hydrogen-bond acceptors (Lipinski definition) is 0. The molecule has 0 aliphatic heterocycles. The van der Waals surface area contributed by atoms with Gasteiger partial charge in [-0.05, 0) is 40.2 Å². The van der Waals surface area contributed by atoms with Gasteiger partial charge in [-0.1, -0.05) is 76.6 Å². The predicted molar refractivity (Wildman–Crippen MR) is 87.4 cm³/mol. The van der Waals surface area contributed by atoms with Crippen molar-refractivity contribution in [3.8, 4) is 11.1 Å². The molecule has 20 heavy (non-hydrogen) atoms. The van der Waals surface area contributed by atoms with Crippen molar-refractivity contribution in [2.45, 2.75) is 52.4 Å². The Balaban J connectivity index is 2.27. The molecule has 0 saturated carbocycles. The lowest BCUT2D eigenvalue weighted by molar-refractivity contribution is 0.584. The van der Waals surface area contributed by atoms with Gasteiger partial charge in [-0.2, -0.15) is 0 Å². The molecule has 0 nitrogen and oxygen atoms in total. The van der Waals surface area contributed by atoms with Gasteiger partial charge in [0, 0.05) is 5.41 Å². The van der Waals surface area contributed by atoms with Crippen molar-refractivity contribution in [3.05, 3.63) is 58.7 Å². The fourth-order valence-corrected chi connectivity index (χ4v) is 3.32. The van der Waals surface area contributed by atoms with E-state index in [-0.39, 0.29) is 10.8 Å². The molecule has 2 aromatic rings. The first-order valence-electron chi connectivity index (χ1n) is 7.48. The first-order chi connectivity index (χ1) is 9.21. The topological polar surface area (TPSA) is 0 Å². The minimum atomic E-state index is 0.109. The molecule has 0 heteroatoms. The van der Waals surface area contributed by atoms with Gasteiger partial charge < -0.3 is 0 Å². The van der Waals surface area contributed by atoms with Crippen molar-refractivity contribution < 1.29 is 0 Å². The van der Waals surface area contributed by atoms with E-state index < -0.39 is 0 Å². The molecule has 1 aliphatic carbocycles. The monoisotopic (exact) mass is 264 g/mol. The number of aryl methyl sites for hydroxylation is 1. The van der Waals surface area contributed by atoms with Crippen molar-refractivity contribution in [1.29, 1.82) is 0 Å². The van der Waals surface area contributed by atoms with Crippen LogP contribution in [0.25, 0.3) is 11.1 Å². The minimum Gasteiger partial charge on any atom is -0.0587 e. The largest absolute Gasteiger partial charge is 0.0587 e. The van der Waals surface area contributed by atoms with Gasteiger partial charge in [0.05, 0.1) is 0 Å². The molecule has 1 aliphatic rings. The van der Waals surface area contributed by atoms with Crippen molar-refractivity contribution in [1.82, 2.24) is 0 Å². The van der Waals surface area contributed by atoms with Gasteiger partial charge in [0.25, 0.3) is 0 Å². The van der Waals surface area contributed by atoms with Crippen LogP contribution in [0.5, 0.6) is 0 Å². The first-order valence-corrected chi connectivity index (χ1v) is 7.48. The summed E-state index contributed by atoms with van der Waals surface area (Å²) in [6, 6.07) is 13.9. The van der Waals surface area contributed by atoms with Crippen molar-refractivity contribution in [2.75, 3.05) is 0 Å². The summed E-state index contributed by atoms with van der Waals surface area (Å²) in [4.78, 5) is 0. The molecule has 0 unspecified atom stereocenters. The van der Waals surface area contributed by atoms with Gasteiger partial charge in [-0.15, -0.1) is 0 Å². The van der Waals surface area contributed by atoms with Crippen molar-refractivity contribution >= 4 is 0 Å². The van der Waals surface area contributed by atoms with Crippen LogP contribution in [-0.2, 0) is 10.8 Å². The summed E-state index contributed by atoms with van der Waals surface area (Å²) >= 11 is 0. The second kappa shape index (κ2) is 3.97. The fraction of sp³-hybridized carbons (Fsp3) is 0.400. The molecule has 0 fully saturated rings. The molecule has 0 saturated heterocycles. The van der Waals surface area contributed by atoms with E-state index in [2.05, 4.69) is 77.9 Å². The Bertz CT molecular complexity index is 682. The lowest BCUT2D eigenvalue weighted by Crippen LogP contribution is -2.17. The SMILES string of the molecule is Cc1ccc2c(c1)C(C)(C)c1cc(C(C)(C)C)ccc1-2. The maximum Gasteiger partial charge on any atom is 0.0159 e. The zero-order valence-electron chi connectivity index (χ0n) is 13.5. The summed E-state index contributed by atoms with van der Waals surface area (Å²) in [5.41, 5.74) is 8.86. The highest BCUT2D eigenvalue weighted by Crippen LogP contribution is 2.49. The molecule has 0 spiro atoms. The second-order valence-corrected chi connectivity index (χ2v) is 7.68. The number of rotatable bonds is 0. The van der Waals surface area contributed by atoms with Crippen LogP contribution in [0.1, 0.15) is 56.9 Å². The maximum absolute atomic E-state index is 2.42. The maximum atomic E-state index is 2.42. The minimum absolute atomic E-state index is 0.109. The van der Waals surface area contributed by atoms with E-state index in [1.165, 1.54) is 33.4 Å². The third-order valence-corrected chi connectivity index (χ3v) is 4.70. The van der Waals surface area contributed by atoms with E-state index in [4.69, 9.17) is 0 Å². The summed E-state index contributed by atoms with van der Waals surface area (Å²) in [6.07, 6.45) is 0. The van der Waals surface area contributed by atoms with E-state index >= 15 is 0 Å². The Morgan fingerprint density at radius 2 is 1.35 bits per heavy atom. The zero-order chi connectivity index (χ0) is 14.7. The summed E-state index contributed by atoms with van der Waals surface area (Å²) in [7, 11) is 0. The molecule has 0 heterocycles. The normalized spacial score (nSPS) is 15.9. The molecular weight excluding hydrogens is 240 g/mol. The summed E-state index contributed by atoms with van der Waals surface area (Å²) in [6.45, 7) is 13.7. The van der Waals surface area contributed by atoms with Crippen LogP contribution >= 0.6 is 0 Å². The molecule has 0 radical (unpaired) electrons. The van der Waals surface area contributed by atoms with E-state index in [0.29, 0.717) is 0 Å². The van der Waals surface area contributed by atoms with Gasteiger partial charge in [0.1, 0.15) is 0 Å². The number of benzene rings is 2. The Labute approximate surface area is 122 Å². The highest BCUT2D eigenvalue weighted by atomic mass is 14.4. The Kier molecular flexibility index (Phi) is 2.67. The van der Waals surface area contributed by atoms with Gasteiger partial charge in [-0.3, -0.25) is 0 Å². The highest BCUT2D eigenvalue weighted by Gasteiger charge is 2.36. The standard InChI is InChI=1S/C20H24/c1-13-7-9-15-16-10-8-14(19(2,3)4)12-18(16)20(5,6)17(15)11-13/h7-12H,1-6H3. The lowest BCUT2D eigenvalue weighted by atomic mass is 9.79. The van der Waals surface area contributed by atoms with Gasteiger partial charge in [0.15, 0.2) is 0 Å². The average molecular weight is 264 g/mol. The lowest BCUT2D eigenvalue weighted by Gasteiger charge is -2.25. The zero-order valence-corrected chi connectivity index (χ0v) is 13.5. The molecule has 0 bridgehead atoms. The van der Waals surface area contributed by atoms with Crippen LogP contribution in [0.3, 0.4) is 0 Å². The third-order valence-electron chi connectivity index (χ3n) is 4.70. The first kappa shape index (κ1) is 13.4. The van der Waals surface area contributed by atoms with Gasteiger partial charge in [-0.25, -0.2) is 0 Å². The van der Waals surface area contributed by atoms with Crippen LogP contribution in [0.2, 0.25) is 0 Å². The highest BCUT2D eigenvalue weighted by molar-refractivity contribution is 5.81. The van der Waals surface area contributed by atoms with Crippen LogP contribution in [0.15, 0.2) is 36.4 Å². The Morgan fingerprint density at radius 1 is 0.800 bits per heavy atom. The summed E-state index contributed by atoms with van der Waals surface area (Å²) < 4.78 is 0. The second-order valence-electron chi connectivity index (χ2n) is 7.68. The van der Waals surface area contributed by atoms with Crippen LogP contribution in [0.4, 0.5) is 0 Å². The quantitative estimate of drug-likeness (QED) is 0.581. The molecule has 0 N–H and O–H groups in total. The molecule has 104 valence electrons. The Hall–Kier alpha value is -1.56. The molecule has 0 aromatic heterocycles. The molecular formula is C20H24. The Morgan fingerprint density at radius 3 is 1.95 bits per heavy atom. The van der Waals surface area contributed by atoms with Gasteiger partial charge >= 0.3 is 0 Å².